The van der Waals surface area contributed by atoms with Crippen LogP contribution >= 0.6 is 0 Å². The van der Waals surface area contributed by atoms with Gasteiger partial charge in [0.15, 0.2) is 0 Å². The Kier molecular flexibility index (Phi) is 3.72. The molecule has 0 aliphatic rings. The molecule has 18 heavy (non-hydrogen) atoms. The standard InChI is InChI=1S/C15H13FO2/c16-14-9-5-4-8-12(14)13(10-15(17)18)11-6-2-1-3-7-11/h1-9,13H,10H2,(H,17,18)/t13-/m1/s1. The highest BCUT2D eigenvalue weighted by molar-refractivity contribution is 5.69. The third-order valence-corrected chi connectivity index (χ3v) is 2.86. The molecule has 0 saturated heterocycles. The minimum atomic E-state index is -0.938. The molecule has 3 heteroatoms. The molecule has 2 nitrogen and oxygen atoms in total. The van der Waals surface area contributed by atoms with Gasteiger partial charge in [-0.15, -0.1) is 0 Å². The maximum Gasteiger partial charge on any atom is 0.304 e. The van der Waals surface area contributed by atoms with Gasteiger partial charge in [0.1, 0.15) is 5.82 Å². The van der Waals surface area contributed by atoms with Gasteiger partial charge < -0.3 is 5.11 Å². The molecule has 0 spiro atoms. The lowest BCUT2D eigenvalue weighted by Crippen LogP contribution is -2.09. The first-order chi connectivity index (χ1) is 8.68. The number of carbonyl (C=O) groups is 1. The van der Waals surface area contributed by atoms with Crippen molar-refractivity contribution in [2.45, 2.75) is 12.3 Å². The fourth-order valence-corrected chi connectivity index (χ4v) is 2.03. The van der Waals surface area contributed by atoms with Gasteiger partial charge in [0.2, 0.25) is 0 Å². The van der Waals surface area contributed by atoms with Gasteiger partial charge in [0, 0.05) is 5.92 Å². The molecule has 0 saturated carbocycles. The highest BCUT2D eigenvalue weighted by Crippen LogP contribution is 2.29. The van der Waals surface area contributed by atoms with Gasteiger partial charge in [-0.3, -0.25) is 4.79 Å². The van der Waals surface area contributed by atoms with E-state index in [-0.39, 0.29) is 12.2 Å². The molecule has 0 unspecified atom stereocenters. The van der Waals surface area contributed by atoms with Crippen LogP contribution in [0.1, 0.15) is 23.5 Å². The van der Waals surface area contributed by atoms with Gasteiger partial charge in [0.05, 0.1) is 6.42 Å². The van der Waals surface area contributed by atoms with Crippen molar-refractivity contribution < 1.29 is 14.3 Å². The van der Waals surface area contributed by atoms with Crippen LogP contribution in [0.15, 0.2) is 54.6 Å². The molecule has 2 rings (SSSR count). The molecule has 0 heterocycles. The summed E-state index contributed by atoms with van der Waals surface area (Å²) in [6.07, 6.45) is -0.120. The molecular formula is C15H13FO2. The van der Waals surface area contributed by atoms with Crippen molar-refractivity contribution in [2.24, 2.45) is 0 Å². The molecule has 0 radical (unpaired) electrons. The quantitative estimate of drug-likeness (QED) is 0.894. The fraction of sp³-hybridized carbons (Fsp3) is 0.133. The van der Waals surface area contributed by atoms with Crippen molar-refractivity contribution in [3.05, 3.63) is 71.5 Å². The average Bonchev–Trinajstić information content (AvgIpc) is 2.38. The van der Waals surface area contributed by atoms with E-state index in [1.165, 1.54) is 6.07 Å². The van der Waals surface area contributed by atoms with Crippen molar-refractivity contribution in [3.63, 3.8) is 0 Å². The normalized spacial score (nSPS) is 12.1. The topological polar surface area (TPSA) is 37.3 Å². The molecule has 0 amide bonds. The van der Waals surface area contributed by atoms with Crippen LogP contribution in [0.2, 0.25) is 0 Å². The van der Waals surface area contributed by atoms with Crippen LogP contribution in [0, 0.1) is 5.82 Å². The molecule has 0 aliphatic heterocycles. The Morgan fingerprint density at radius 3 is 2.28 bits per heavy atom. The Balaban J connectivity index is 2.44. The van der Waals surface area contributed by atoms with E-state index >= 15 is 0 Å². The number of benzene rings is 2. The summed E-state index contributed by atoms with van der Waals surface area (Å²) in [5, 5.41) is 8.97. The minimum absolute atomic E-state index is 0.120. The van der Waals surface area contributed by atoms with E-state index in [4.69, 9.17) is 5.11 Å². The fourth-order valence-electron chi connectivity index (χ4n) is 2.03. The Bertz CT molecular complexity index is 537. The monoisotopic (exact) mass is 244 g/mol. The molecule has 1 atom stereocenters. The number of hydrogen-bond donors (Lipinski definition) is 1. The van der Waals surface area contributed by atoms with Crippen molar-refractivity contribution in [3.8, 4) is 0 Å². The minimum Gasteiger partial charge on any atom is -0.481 e. The Hall–Kier alpha value is -2.16. The van der Waals surface area contributed by atoms with E-state index in [0.717, 1.165) is 5.56 Å². The summed E-state index contributed by atoms with van der Waals surface area (Å²) in [6.45, 7) is 0. The lowest BCUT2D eigenvalue weighted by Gasteiger charge is -2.16. The summed E-state index contributed by atoms with van der Waals surface area (Å²) in [4.78, 5) is 10.9. The van der Waals surface area contributed by atoms with E-state index in [0.29, 0.717) is 5.56 Å². The number of halogens is 1. The third-order valence-electron chi connectivity index (χ3n) is 2.86. The summed E-state index contributed by atoms with van der Waals surface area (Å²) in [7, 11) is 0. The first kappa shape index (κ1) is 12.3. The second-order valence-corrected chi connectivity index (χ2v) is 4.08. The van der Waals surface area contributed by atoms with Crippen LogP contribution in [0.3, 0.4) is 0 Å². The molecule has 0 fully saturated rings. The first-order valence-corrected chi connectivity index (χ1v) is 5.69. The molecule has 2 aromatic carbocycles. The second-order valence-electron chi connectivity index (χ2n) is 4.08. The van der Waals surface area contributed by atoms with Crippen LogP contribution in [-0.2, 0) is 4.79 Å². The Morgan fingerprint density at radius 1 is 1.06 bits per heavy atom. The van der Waals surface area contributed by atoms with Crippen LogP contribution in [-0.4, -0.2) is 11.1 Å². The molecule has 1 N–H and O–H groups in total. The molecule has 92 valence electrons. The maximum atomic E-state index is 13.8. The zero-order chi connectivity index (χ0) is 13.0. The number of carboxylic acid groups (broad SMARTS) is 1. The van der Waals surface area contributed by atoms with Crippen LogP contribution < -0.4 is 0 Å². The number of aliphatic carboxylic acids is 1. The summed E-state index contributed by atoms with van der Waals surface area (Å²) >= 11 is 0. The van der Waals surface area contributed by atoms with E-state index in [1.54, 1.807) is 18.2 Å². The van der Waals surface area contributed by atoms with E-state index < -0.39 is 11.9 Å². The molecule has 0 bridgehead atoms. The van der Waals surface area contributed by atoms with Gasteiger partial charge in [0.25, 0.3) is 0 Å². The van der Waals surface area contributed by atoms with Gasteiger partial charge in [-0.05, 0) is 17.2 Å². The number of hydrogen-bond acceptors (Lipinski definition) is 1. The van der Waals surface area contributed by atoms with Gasteiger partial charge >= 0.3 is 5.97 Å². The smallest absolute Gasteiger partial charge is 0.304 e. The Morgan fingerprint density at radius 2 is 1.67 bits per heavy atom. The molecule has 0 aliphatic carbocycles. The van der Waals surface area contributed by atoms with Crippen molar-refractivity contribution in [1.82, 2.24) is 0 Å². The number of carboxylic acids is 1. The zero-order valence-electron chi connectivity index (χ0n) is 9.71. The first-order valence-electron chi connectivity index (χ1n) is 5.69. The maximum absolute atomic E-state index is 13.8. The van der Waals surface area contributed by atoms with Crippen molar-refractivity contribution in [2.75, 3.05) is 0 Å². The summed E-state index contributed by atoms with van der Waals surface area (Å²) < 4.78 is 13.8. The number of rotatable bonds is 4. The average molecular weight is 244 g/mol. The SMILES string of the molecule is O=C(O)C[C@H](c1ccccc1)c1ccccc1F. The lowest BCUT2D eigenvalue weighted by atomic mass is 9.88. The van der Waals surface area contributed by atoms with Gasteiger partial charge in [-0.2, -0.15) is 0 Å². The predicted octanol–water partition coefficient (Wildman–Crippen LogP) is 3.43. The summed E-state index contributed by atoms with van der Waals surface area (Å²) in [5.74, 6) is -1.76. The van der Waals surface area contributed by atoms with Crippen LogP contribution in [0.5, 0.6) is 0 Å². The second kappa shape index (κ2) is 5.45. The van der Waals surface area contributed by atoms with Crippen LogP contribution in [0.4, 0.5) is 4.39 Å². The van der Waals surface area contributed by atoms with Crippen molar-refractivity contribution in [1.29, 1.82) is 0 Å². The Labute approximate surface area is 105 Å². The molecule has 2 aromatic rings. The van der Waals surface area contributed by atoms with E-state index in [2.05, 4.69) is 0 Å². The summed E-state index contributed by atoms with van der Waals surface area (Å²) in [5.41, 5.74) is 1.23. The zero-order valence-corrected chi connectivity index (χ0v) is 9.71. The molecule has 0 aromatic heterocycles. The highest BCUT2D eigenvalue weighted by Gasteiger charge is 2.20. The van der Waals surface area contributed by atoms with Gasteiger partial charge in [-0.25, -0.2) is 4.39 Å². The predicted molar refractivity (Wildman–Crippen MR) is 66.9 cm³/mol. The van der Waals surface area contributed by atoms with E-state index in [9.17, 15) is 9.18 Å². The summed E-state index contributed by atoms with van der Waals surface area (Å²) in [6, 6.07) is 15.4. The third kappa shape index (κ3) is 2.74. The largest absolute Gasteiger partial charge is 0.481 e. The lowest BCUT2D eigenvalue weighted by molar-refractivity contribution is -0.137. The molecular weight excluding hydrogens is 231 g/mol. The van der Waals surface area contributed by atoms with Gasteiger partial charge in [-0.1, -0.05) is 48.5 Å². The highest BCUT2D eigenvalue weighted by atomic mass is 19.1. The van der Waals surface area contributed by atoms with Crippen LogP contribution in [0.25, 0.3) is 0 Å². The van der Waals surface area contributed by atoms with Crippen molar-refractivity contribution >= 4 is 5.97 Å². The van der Waals surface area contributed by atoms with E-state index in [1.807, 2.05) is 30.3 Å².